The number of rotatable bonds is 10. The minimum atomic E-state index is -1.17. The van der Waals surface area contributed by atoms with Crippen LogP contribution in [0.2, 0.25) is 25.7 Å². The van der Waals surface area contributed by atoms with Crippen LogP contribution in [0, 0.1) is 12.8 Å². The van der Waals surface area contributed by atoms with Crippen LogP contribution in [-0.4, -0.2) is 59.0 Å². The summed E-state index contributed by atoms with van der Waals surface area (Å²) >= 11 is 0. The third-order valence-corrected chi connectivity index (χ3v) is 9.07. The van der Waals surface area contributed by atoms with E-state index in [-0.39, 0.29) is 12.8 Å². The molecule has 0 radical (unpaired) electrons. The van der Waals surface area contributed by atoms with Gasteiger partial charge in [-0.15, -0.1) is 0 Å². The Kier molecular flexibility index (Phi) is 5.75. The molecule has 0 saturated heterocycles. The third kappa shape index (κ3) is 4.35. The molecule has 2 saturated carbocycles. The first-order chi connectivity index (χ1) is 16.5. The molecule has 0 unspecified atom stereocenters. The molecule has 0 spiro atoms. The zero-order valence-corrected chi connectivity index (χ0v) is 22.0. The summed E-state index contributed by atoms with van der Waals surface area (Å²) in [7, 11) is 0.162. The Hall–Kier alpha value is -2.79. The van der Waals surface area contributed by atoms with Gasteiger partial charge in [0.25, 0.3) is 11.7 Å². The number of ether oxygens (including phenoxy) is 2. The van der Waals surface area contributed by atoms with Crippen molar-refractivity contribution in [3.05, 3.63) is 34.4 Å². The lowest BCUT2D eigenvalue weighted by atomic mass is 10.0. The van der Waals surface area contributed by atoms with E-state index < -0.39 is 31.3 Å². The Bertz CT molecular complexity index is 1210. The number of methoxy groups -OCH3 is 1. The Morgan fingerprint density at radius 2 is 2.00 bits per heavy atom. The monoisotopic (exact) mass is 499 g/mol. The van der Waals surface area contributed by atoms with Gasteiger partial charge >= 0.3 is 5.97 Å². The van der Waals surface area contributed by atoms with E-state index in [1.165, 1.54) is 11.9 Å². The van der Waals surface area contributed by atoms with Crippen LogP contribution in [-0.2, 0) is 33.0 Å². The lowest BCUT2D eigenvalue weighted by molar-refractivity contribution is -0.118. The highest BCUT2D eigenvalue weighted by Gasteiger charge is 2.52. The van der Waals surface area contributed by atoms with Crippen molar-refractivity contribution in [2.75, 3.05) is 13.7 Å². The van der Waals surface area contributed by atoms with E-state index in [9.17, 15) is 14.4 Å². The van der Waals surface area contributed by atoms with Gasteiger partial charge in [0.1, 0.15) is 11.4 Å². The first-order valence-corrected chi connectivity index (χ1v) is 15.9. The Labute approximate surface area is 205 Å². The average molecular weight is 500 g/mol. The van der Waals surface area contributed by atoms with Crippen LogP contribution < -0.4 is 5.32 Å². The summed E-state index contributed by atoms with van der Waals surface area (Å²) in [6, 6.07) is 1.28. The number of hydrogen-bond donors (Lipinski definition) is 1. The number of carbonyl (C=O) groups excluding carboxylic acids is 3. The molecule has 1 amide bonds. The maximum Gasteiger partial charge on any atom is 0.354 e. The molecule has 2 aliphatic carbocycles. The van der Waals surface area contributed by atoms with Gasteiger partial charge in [-0.2, -0.15) is 15.0 Å². The minimum Gasteiger partial charge on any atom is -0.464 e. The second-order valence-corrected chi connectivity index (χ2v) is 16.9. The van der Waals surface area contributed by atoms with E-state index in [4.69, 9.17) is 9.47 Å². The zero-order chi connectivity index (χ0) is 25.1. The Balaban J connectivity index is 1.28. The van der Waals surface area contributed by atoms with E-state index >= 15 is 0 Å². The SMILES string of the molecule is COC(=O)c1c(C)c(C(=O)C(=O)NC2(c3cnn(COCC[Si](C)(C)C)n3)CC2)c2n1[C@@H]1C[C@@H]1C2. The molecular weight excluding hydrogens is 466 g/mol. The summed E-state index contributed by atoms with van der Waals surface area (Å²) in [5, 5.41) is 11.7. The number of fused-ring (bicyclic) bond motifs is 3. The molecule has 2 aromatic rings. The normalized spacial score (nSPS) is 21.3. The quantitative estimate of drug-likeness (QED) is 0.176. The first kappa shape index (κ1) is 23.9. The topological polar surface area (TPSA) is 117 Å². The number of carbonyl (C=O) groups is 3. The summed E-state index contributed by atoms with van der Waals surface area (Å²) in [6.45, 7) is 9.52. The number of nitrogens with zero attached hydrogens (tertiary/aromatic N) is 4. The molecule has 3 aliphatic rings. The molecule has 2 atom stereocenters. The number of hydrogen-bond acceptors (Lipinski definition) is 7. The van der Waals surface area contributed by atoms with Crippen molar-refractivity contribution < 1.29 is 23.9 Å². The standard InChI is InChI=1S/C24H33N5O5Si/c1-14-19(17-11-15-10-16(15)29(17)20(14)23(32)33-2)21(30)22(31)26-24(6-7-24)18-12-25-28(27-18)13-34-8-9-35(3,4)5/h12,15-16H,6-11,13H2,1-5H3,(H,26,31)/t15-,16-/m1/s1. The number of aromatic nitrogens is 4. The van der Waals surface area contributed by atoms with Crippen molar-refractivity contribution in [3.8, 4) is 0 Å². The summed E-state index contributed by atoms with van der Waals surface area (Å²) in [5.41, 5.74) is 1.96. The average Bonchev–Trinajstić information content (AvgIpc) is 3.62. The Morgan fingerprint density at radius 1 is 1.26 bits per heavy atom. The van der Waals surface area contributed by atoms with Crippen LogP contribution in [0.1, 0.15) is 63.1 Å². The molecule has 2 aromatic heterocycles. The van der Waals surface area contributed by atoms with Gasteiger partial charge in [0, 0.05) is 26.4 Å². The van der Waals surface area contributed by atoms with Crippen molar-refractivity contribution in [2.24, 2.45) is 5.92 Å². The lowest BCUT2D eigenvalue weighted by Gasteiger charge is -2.15. The molecule has 0 aromatic carbocycles. The number of ketones is 1. The number of amides is 1. The van der Waals surface area contributed by atoms with Gasteiger partial charge in [-0.05, 0) is 50.1 Å². The van der Waals surface area contributed by atoms with Crippen LogP contribution in [0.25, 0.3) is 0 Å². The molecule has 3 heterocycles. The van der Waals surface area contributed by atoms with Gasteiger partial charge in [0.15, 0.2) is 6.73 Å². The van der Waals surface area contributed by atoms with Crippen molar-refractivity contribution >= 4 is 25.7 Å². The predicted octanol–water partition coefficient (Wildman–Crippen LogP) is 2.59. The van der Waals surface area contributed by atoms with Crippen LogP contribution in [0.4, 0.5) is 0 Å². The largest absolute Gasteiger partial charge is 0.464 e. The molecular formula is C24H33N5O5Si. The van der Waals surface area contributed by atoms with Gasteiger partial charge in [-0.3, -0.25) is 9.59 Å². The van der Waals surface area contributed by atoms with Gasteiger partial charge in [0.2, 0.25) is 0 Å². The highest BCUT2D eigenvalue weighted by molar-refractivity contribution is 6.76. The summed E-state index contributed by atoms with van der Waals surface area (Å²) in [5.74, 6) is -1.34. The van der Waals surface area contributed by atoms with E-state index in [1.54, 1.807) is 13.1 Å². The molecule has 188 valence electrons. The van der Waals surface area contributed by atoms with Gasteiger partial charge < -0.3 is 19.4 Å². The highest BCUT2D eigenvalue weighted by Crippen LogP contribution is 2.54. The summed E-state index contributed by atoms with van der Waals surface area (Å²) in [6.07, 6.45) is 4.70. The van der Waals surface area contributed by atoms with Crippen molar-refractivity contribution in [3.63, 3.8) is 0 Å². The third-order valence-electron chi connectivity index (χ3n) is 7.37. The lowest BCUT2D eigenvalue weighted by Crippen LogP contribution is -2.40. The molecule has 5 rings (SSSR count). The Morgan fingerprint density at radius 3 is 2.66 bits per heavy atom. The maximum atomic E-state index is 13.3. The van der Waals surface area contributed by atoms with E-state index in [1.807, 2.05) is 4.57 Å². The zero-order valence-electron chi connectivity index (χ0n) is 21.0. The van der Waals surface area contributed by atoms with Gasteiger partial charge in [-0.1, -0.05) is 19.6 Å². The second kappa shape index (κ2) is 8.40. The van der Waals surface area contributed by atoms with Crippen molar-refractivity contribution in [2.45, 2.75) is 76.6 Å². The molecule has 1 N–H and O–H groups in total. The van der Waals surface area contributed by atoms with E-state index in [0.717, 1.165) is 18.2 Å². The minimum absolute atomic E-state index is 0.222. The van der Waals surface area contributed by atoms with Crippen molar-refractivity contribution in [1.29, 1.82) is 0 Å². The molecule has 1 aliphatic heterocycles. The van der Waals surface area contributed by atoms with Crippen LogP contribution in [0.5, 0.6) is 0 Å². The van der Waals surface area contributed by atoms with Gasteiger partial charge in [-0.25, -0.2) is 4.79 Å². The highest BCUT2D eigenvalue weighted by atomic mass is 28.3. The molecule has 11 heteroatoms. The first-order valence-electron chi connectivity index (χ1n) is 12.2. The fourth-order valence-electron chi connectivity index (χ4n) is 5.06. The molecule has 10 nitrogen and oxygen atoms in total. The van der Waals surface area contributed by atoms with Crippen molar-refractivity contribution in [1.82, 2.24) is 24.9 Å². The smallest absolute Gasteiger partial charge is 0.354 e. The van der Waals surface area contributed by atoms with Gasteiger partial charge in [0.05, 0.1) is 24.4 Å². The summed E-state index contributed by atoms with van der Waals surface area (Å²) in [4.78, 5) is 40.4. The van der Waals surface area contributed by atoms with Crippen LogP contribution >= 0.6 is 0 Å². The number of esters is 1. The van der Waals surface area contributed by atoms with E-state index in [2.05, 4.69) is 35.2 Å². The predicted molar refractivity (Wildman–Crippen MR) is 129 cm³/mol. The fourth-order valence-corrected chi connectivity index (χ4v) is 5.82. The number of nitrogens with one attached hydrogen (secondary N) is 1. The summed E-state index contributed by atoms with van der Waals surface area (Å²) < 4.78 is 12.6. The van der Waals surface area contributed by atoms with Crippen LogP contribution in [0.15, 0.2) is 6.20 Å². The molecule has 0 bridgehead atoms. The maximum absolute atomic E-state index is 13.3. The fraction of sp³-hybridized carbons (Fsp3) is 0.625. The van der Waals surface area contributed by atoms with Crippen LogP contribution in [0.3, 0.4) is 0 Å². The second-order valence-electron chi connectivity index (χ2n) is 11.2. The molecule has 2 fully saturated rings. The number of Topliss-reactive ketones (excluding diaryl/α,β-unsaturated/α-hetero) is 1. The molecule has 35 heavy (non-hydrogen) atoms. The van der Waals surface area contributed by atoms with E-state index in [0.29, 0.717) is 54.3 Å².